The van der Waals surface area contributed by atoms with Crippen LogP contribution < -0.4 is 15.0 Å². The number of Topliss-reactive ketones (excluding diaryl/α,β-unsaturated/α-hetero) is 1. The van der Waals surface area contributed by atoms with E-state index in [1.807, 2.05) is 38.1 Å². The molecule has 1 aliphatic rings. The molecule has 156 valence electrons. The second-order valence-corrected chi connectivity index (χ2v) is 7.55. The Labute approximate surface area is 177 Å². The van der Waals surface area contributed by atoms with E-state index < -0.39 is 0 Å². The molecule has 8 nitrogen and oxygen atoms in total. The SMILES string of the molecule is Cc1cc(C(=O)Cn2nnc3ccccc3c2=O)c(C)n1Cc1ccc2c(c1)OCO2. The predicted octanol–water partition coefficient (Wildman–Crippen LogP) is 2.87. The van der Waals surface area contributed by atoms with Crippen molar-refractivity contribution in [2.75, 3.05) is 6.79 Å². The fourth-order valence-electron chi connectivity index (χ4n) is 3.90. The number of nitrogens with zero attached hydrogens (tertiary/aromatic N) is 4. The first-order valence-electron chi connectivity index (χ1n) is 9.92. The smallest absolute Gasteiger partial charge is 0.278 e. The lowest BCUT2D eigenvalue weighted by Crippen LogP contribution is -2.28. The van der Waals surface area contributed by atoms with E-state index in [4.69, 9.17) is 9.47 Å². The highest BCUT2D eigenvalue weighted by Gasteiger charge is 2.19. The Balaban J connectivity index is 1.42. The number of ether oxygens (including phenoxy) is 2. The highest BCUT2D eigenvalue weighted by molar-refractivity contribution is 5.97. The summed E-state index contributed by atoms with van der Waals surface area (Å²) in [5.74, 6) is 1.28. The predicted molar refractivity (Wildman–Crippen MR) is 114 cm³/mol. The highest BCUT2D eigenvalue weighted by atomic mass is 16.7. The molecule has 0 amide bonds. The number of hydrogen-bond acceptors (Lipinski definition) is 6. The molecule has 0 atom stereocenters. The molecular weight excluding hydrogens is 396 g/mol. The minimum absolute atomic E-state index is 0.162. The Hall–Kier alpha value is -3.94. The third kappa shape index (κ3) is 3.35. The number of aryl methyl sites for hydroxylation is 1. The number of benzene rings is 2. The average molecular weight is 416 g/mol. The van der Waals surface area contributed by atoms with E-state index in [0.717, 1.165) is 33.1 Å². The molecule has 2 aromatic heterocycles. The van der Waals surface area contributed by atoms with Crippen molar-refractivity contribution in [2.45, 2.75) is 26.9 Å². The molecule has 2 aromatic carbocycles. The van der Waals surface area contributed by atoms with E-state index in [1.54, 1.807) is 24.3 Å². The Morgan fingerprint density at radius 2 is 1.87 bits per heavy atom. The molecule has 4 aromatic rings. The van der Waals surface area contributed by atoms with Gasteiger partial charge >= 0.3 is 0 Å². The van der Waals surface area contributed by atoms with Gasteiger partial charge in [-0.25, -0.2) is 4.68 Å². The molecule has 31 heavy (non-hydrogen) atoms. The van der Waals surface area contributed by atoms with Crippen LogP contribution in [0.15, 0.2) is 53.3 Å². The van der Waals surface area contributed by atoms with Gasteiger partial charge in [0.2, 0.25) is 6.79 Å². The standard InChI is InChI=1S/C23H20N4O4/c1-14-9-18(15(2)26(14)11-16-7-8-21-22(10-16)31-13-30-21)20(28)12-27-23(29)17-5-3-4-6-19(17)24-25-27/h3-10H,11-13H2,1-2H3. The number of aromatic nitrogens is 4. The van der Waals surface area contributed by atoms with Gasteiger partial charge in [0, 0.05) is 23.5 Å². The number of rotatable bonds is 5. The quantitative estimate of drug-likeness (QED) is 0.465. The maximum Gasteiger partial charge on any atom is 0.278 e. The van der Waals surface area contributed by atoms with E-state index in [9.17, 15) is 9.59 Å². The minimum Gasteiger partial charge on any atom is -0.454 e. The molecule has 0 fully saturated rings. The summed E-state index contributed by atoms with van der Waals surface area (Å²) in [4.78, 5) is 25.7. The number of fused-ring (bicyclic) bond motifs is 2. The Kier molecular flexibility index (Phi) is 4.54. The van der Waals surface area contributed by atoms with E-state index in [1.165, 1.54) is 0 Å². The van der Waals surface area contributed by atoms with Crippen LogP contribution in [0.25, 0.3) is 10.9 Å². The molecule has 1 aliphatic heterocycles. The largest absolute Gasteiger partial charge is 0.454 e. The maximum atomic E-state index is 13.0. The second kappa shape index (κ2) is 7.39. The first-order chi connectivity index (χ1) is 15.0. The van der Waals surface area contributed by atoms with Crippen LogP contribution in [-0.2, 0) is 13.1 Å². The molecule has 0 radical (unpaired) electrons. The van der Waals surface area contributed by atoms with Gasteiger partial charge in [0.15, 0.2) is 17.3 Å². The minimum atomic E-state index is -0.326. The number of carbonyl (C=O) groups is 1. The van der Waals surface area contributed by atoms with Gasteiger partial charge in [0.25, 0.3) is 5.56 Å². The summed E-state index contributed by atoms with van der Waals surface area (Å²) in [6.45, 7) is 4.53. The van der Waals surface area contributed by atoms with Gasteiger partial charge in [-0.15, -0.1) is 5.10 Å². The first kappa shape index (κ1) is 19.0. The molecule has 0 bridgehead atoms. The van der Waals surface area contributed by atoms with Crippen LogP contribution in [0, 0.1) is 13.8 Å². The zero-order valence-electron chi connectivity index (χ0n) is 17.2. The van der Waals surface area contributed by atoms with Crippen LogP contribution in [0.5, 0.6) is 11.5 Å². The molecule has 3 heterocycles. The number of carbonyl (C=O) groups excluding carboxylic acids is 1. The Morgan fingerprint density at radius 1 is 1.06 bits per heavy atom. The second-order valence-electron chi connectivity index (χ2n) is 7.55. The van der Waals surface area contributed by atoms with Crippen LogP contribution in [-0.4, -0.2) is 32.1 Å². The number of ketones is 1. The fourth-order valence-corrected chi connectivity index (χ4v) is 3.90. The molecule has 0 N–H and O–H groups in total. The van der Waals surface area contributed by atoms with Crippen molar-refractivity contribution in [2.24, 2.45) is 0 Å². The lowest BCUT2D eigenvalue weighted by Gasteiger charge is -2.11. The van der Waals surface area contributed by atoms with Crippen molar-refractivity contribution in [1.82, 2.24) is 19.6 Å². The van der Waals surface area contributed by atoms with Crippen LogP contribution >= 0.6 is 0 Å². The van der Waals surface area contributed by atoms with Crippen molar-refractivity contribution < 1.29 is 14.3 Å². The zero-order chi connectivity index (χ0) is 21.5. The maximum absolute atomic E-state index is 13.0. The third-order valence-electron chi connectivity index (χ3n) is 5.57. The van der Waals surface area contributed by atoms with Crippen LogP contribution in [0.2, 0.25) is 0 Å². The van der Waals surface area contributed by atoms with Gasteiger partial charge in [-0.2, -0.15) is 0 Å². The molecule has 0 saturated carbocycles. The molecule has 8 heteroatoms. The van der Waals surface area contributed by atoms with Gasteiger partial charge in [0.1, 0.15) is 12.1 Å². The average Bonchev–Trinajstić information content (AvgIpc) is 3.35. The summed E-state index contributed by atoms with van der Waals surface area (Å²) < 4.78 is 14.0. The summed E-state index contributed by atoms with van der Waals surface area (Å²) in [6, 6.07) is 14.6. The van der Waals surface area contributed by atoms with Crippen molar-refractivity contribution in [1.29, 1.82) is 0 Å². The molecular formula is C23H20N4O4. The fraction of sp³-hybridized carbons (Fsp3) is 0.217. The van der Waals surface area contributed by atoms with Gasteiger partial charge < -0.3 is 14.0 Å². The molecule has 0 unspecified atom stereocenters. The van der Waals surface area contributed by atoms with Crippen LogP contribution in [0.3, 0.4) is 0 Å². The summed E-state index contributed by atoms with van der Waals surface area (Å²) >= 11 is 0. The lowest BCUT2D eigenvalue weighted by molar-refractivity contribution is 0.0964. The summed E-state index contributed by atoms with van der Waals surface area (Å²) in [5.41, 5.74) is 3.59. The van der Waals surface area contributed by atoms with Gasteiger partial charge in [-0.3, -0.25) is 9.59 Å². The molecule has 0 spiro atoms. The van der Waals surface area contributed by atoms with Gasteiger partial charge in [-0.1, -0.05) is 23.4 Å². The normalized spacial score (nSPS) is 12.5. The van der Waals surface area contributed by atoms with E-state index in [2.05, 4.69) is 14.9 Å². The molecule has 5 rings (SSSR count). The Bertz CT molecular complexity index is 1390. The van der Waals surface area contributed by atoms with Gasteiger partial charge in [-0.05, 0) is 49.7 Å². The number of hydrogen-bond donors (Lipinski definition) is 0. The van der Waals surface area contributed by atoms with Gasteiger partial charge in [0.05, 0.1) is 5.39 Å². The van der Waals surface area contributed by atoms with E-state index in [-0.39, 0.29) is 24.7 Å². The summed E-state index contributed by atoms with van der Waals surface area (Å²) in [7, 11) is 0. The van der Waals surface area contributed by atoms with Crippen molar-refractivity contribution in [3.63, 3.8) is 0 Å². The summed E-state index contributed by atoms with van der Waals surface area (Å²) in [6.07, 6.45) is 0. The molecule has 0 aliphatic carbocycles. The van der Waals surface area contributed by atoms with Crippen LogP contribution in [0.1, 0.15) is 27.3 Å². The van der Waals surface area contributed by atoms with E-state index in [0.29, 0.717) is 23.0 Å². The van der Waals surface area contributed by atoms with Crippen molar-refractivity contribution >= 4 is 16.7 Å². The Morgan fingerprint density at radius 3 is 2.74 bits per heavy atom. The molecule has 0 saturated heterocycles. The van der Waals surface area contributed by atoms with Crippen molar-refractivity contribution in [3.8, 4) is 11.5 Å². The third-order valence-corrected chi connectivity index (χ3v) is 5.57. The lowest BCUT2D eigenvalue weighted by atomic mass is 10.1. The summed E-state index contributed by atoms with van der Waals surface area (Å²) in [5, 5.41) is 8.43. The van der Waals surface area contributed by atoms with Crippen molar-refractivity contribution in [3.05, 3.63) is 81.4 Å². The van der Waals surface area contributed by atoms with Crippen LogP contribution in [0.4, 0.5) is 0 Å². The zero-order valence-corrected chi connectivity index (χ0v) is 17.2. The topological polar surface area (TPSA) is 88.2 Å². The highest BCUT2D eigenvalue weighted by Crippen LogP contribution is 2.33. The van der Waals surface area contributed by atoms with E-state index >= 15 is 0 Å². The monoisotopic (exact) mass is 416 g/mol. The first-order valence-corrected chi connectivity index (χ1v) is 9.92.